The molecule has 0 aliphatic heterocycles. The summed E-state index contributed by atoms with van der Waals surface area (Å²) in [5.41, 5.74) is 1.40. The fourth-order valence-electron chi connectivity index (χ4n) is 2.56. The Labute approximate surface area is 167 Å². The van der Waals surface area contributed by atoms with Gasteiger partial charge in [-0.3, -0.25) is 4.90 Å². The first-order valence-electron chi connectivity index (χ1n) is 8.99. The van der Waals surface area contributed by atoms with Crippen LogP contribution in [0.15, 0.2) is 59.0 Å². The predicted octanol–water partition coefficient (Wildman–Crippen LogP) is 5.62. The van der Waals surface area contributed by atoms with Crippen LogP contribution < -0.4 is 4.90 Å². The van der Waals surface area contributed by atoms with Gasteiger partial charge in [0.05, 0.1) is 6.54 Å². The first kappa shape index (κ1) is 20.4. The second-order valence-corrected chi connectivity index (χ2v) is 7.35. The minimum atomic E-state index is -2.82. The fourth-order valence-corrected chi connectivity index (χ4v) is 2.56. The third kappa shape index (κ3) is 5.37. The second kappa shape index (κ2) is 8.38. The minimum absolute atomic E-state index is 0.0129. The van der Waals surface area contributed by atoms with E-state index in [0.29, 0.717) is 11.3 Å². The number of aromatic nitrogens is 2. The van der Waals surface area contributed by atoms with E-state index < -0.39 is 24.0 Å². The summed E-state index contributed by atoms with van der Waals surface area (Å²) in [6.45, 7) is 5.69. The highest BCUT2D eigenvalue weighted by molar-refractivity contribution is 5.87. The number of carbonyl (C=O) groups excluding carboxylic acids is 1. The van der Waals surface area contributed by atoms with Crippen molar-refractivity contribution >= 4 is 11.8 Å². The SMILES string of the molecule is CC(C)(C)OC(=O)N(Cc1ccc(-c2nnc(C(F)F)o2)cc1)c1ccccc1. The zero-order valence-electron chi connectivity index (χ0n) is 16.3. The minimum Gasteiger partial charge on any atom is -0.443 e. The van der Waals surface area contributed by atoms with E-state index in [-0.39, 0.29) is 12.4 Å². The van der Waals surface area contributed by atoms with Gasteiger partial charge in [-0.15, -0.1) is 10.2 Å². The van der Waals surface area contributed by atoms with Crippen LogP contribution in [0.1, 0.15) is 38.7 Å². The monoisotopic (exact) mass is 401 g/mol. The first-order valence-corrected chi connectivity index (χ1v) is 8.99. The van der Waals surface area contributed by atoms with Crippen LogP contribution in [0.3, 0.4) is 0 Å². The molecule has 6 nitrogen and oxygen atoms in total. The molecule has 0 bridgehead atoms. The Balaban J connectivity index is 1.81. The van der Waals surface area contributed by atoms with Gasteiger partial charge in [-0.2, -0.15) is 8.78 Å². The summed E-state index contributed by atoms with van der Waals surface area (Å²) in [5.74, 6) is -0.705. The predicted molar refractivity (Wildman–Crippen MR) is 104 cm³/mol. The number of amides is 1. The van der Waals surface area contributed by atoms with Crippen LogP contribution >= 0.6 is 0 Å². The molecule has 1 amide bonds. The normalized spacial score (nSPS) is 11.5. The number of carbonyl (C=O) groups is 1. The number of anilines is 1. The van der Waals surface area contributed by atoms with Crippen LogP contribution in [0.25, 0.3) is 11.5 Å². The van der Waals surface area contributed by atoms with Crippen molar-refractivity contribution in [3.05, 3.63) is 66.1 Å². The molecule has 1 aromatic heterocycles. The van der Waals surface area contributed by atoms with Crippen molar-refractivity contribution in [1.29, 1.82) is 0 Å². The number of para-hydroxylation sites is 1. The van der Waals surface area contributed by atoms with Gasteiger partial charge >= 0.3 is 12.5 Å². The second-order valence-electron chi connectivity index (χ2n) is 7.35. The van der Waals surface area contributed by atoms with Crippen molar-refractivity contribution in [3.63, 3.8) is 0 Å². The highest BCUT2D eigenvalue weighted by Gasteiger charge is 2.24. The summed E-state index contributed by atoms with van der Waals surface area (Å²) in [6, 6.07) is 16.1. The summed E-state index contributed by atoms with van der Waals surface area (Å²) in [6.07, 6.45) is -3.28. The molecule has 0 fully saturated rings. The molecule has 3 rings (SSSR count). The summed E-state index contributed by atoms with van der Waals surface area (Å²) in [4.78, 5) is 14.2. The zero-order chi connectivity index (χ0) is 21.0. The lowest BCUT2D eigenvalue weighted by atomic mass is 10.1. The number of nitrogens with zero attached hydrogens (tertiary/aromatic N) is 3. The van der Waals surface area contributed by atoms with Crippen LogP contribution in [-0.2, 0) is 11.3 Å². The fraction of sp³-hybridized carbons (Fsp3) is 0.286. The molecular formula is C21H21F2N3O3. The Kier molecular flexibility index (Phi) is 5.91. The van der Waals surface area contributed by atoms with Crippen molar-refractivity contribution in [2.24, 2.45) is 0 Å². The smallest absolute Gasteiger partial charge is 0.415 e. The molecule has 8 heteroatoms. The van der Waals surface area contributed by atoms with Crippen molar-refractivity contribution < 1.29 is 22.7 Å². The van der Waals surface area contributed by atoms with Crippen molar-refractivity contribution in [2.45, 2.75) is 39.3 Å². The Hall–Kier alpha value is -3.29. The standard InChI is InChI=1S/C21H21F2N3O3/c1-21(2,3)29-20(27)26(16-7-5-4-6-8-16)13-14-9-11-15(12-10-14)18-24-25-19(28-18)17(22)23/h4-12,17H,13H2,1-3H3. The van der Waals surface area contributed by atoms with E-state index in [1.807, 2.05) is 30.3 Å². The third-order valence-corrected chi connectivity index (χ3v) is 3.85. The molecule has 29 heavy (non-hydrogen) atoms. The number of alkyl halides is 2. The molecule has 0 atom stereocenters. The lowest BCUT2D eigenvalue weighted by Crippen LogP contribution is -2.36. The first-order chi connectivity index (χ1) is 13.7. The number of hydrogen-bond donors (Lipinski definition) is 0. The topological polar surface area (TPSA) is 68.5 Å². The summed E-state index contributed by atoms with van der Waals surface area (Å²) in [7, 11) is 0. The third-order valence-electron chi connectivity index (χ3n) is 3.85. The number of benzene rings is 2. The average molecular weight is 401 g/mol. The summed E-state index contributed by atoms with van der Waals surface area (Å²) < 4.78 is 35.7. The van der Waals surface area contributed by atoms with E-state index in [4.69, 9.17) is 9.15 Å². The van der Waals surface area contributed by atoms with Crippen LogP contribution in [0.5, 0.6) is 0 Å². The molecule has 0 aliphatic rings. The number of halogens is 2. The van der Waals surface area contributed by atoms with Gasteiger partial charge in [-0.05, 0) is 50.6 Å². The molecule has 0 spiro atoms. The van der Waals surface area contributed by atoms with Crippen LogP contribution in [0, 0.1) is 0 Å². The van der Waals surface area contributed by atoms with Gasteiger partial charge in [0.2, 0.25) is 5.89 Å². The zero-order valence-corrected chi connectivity index (χ0v) is 16.3. The van der Waals surface area contributed by atoms with Gasteiger partial charge < -0.3 is 9.15 Å². The maximum absolute atomic E-state index is 12.7. The van der Waals surface area contributed by atoms with E-state index >= 15 is 0 Å². The molecule has 3 aromatic rings. The van der Waals surface area contributed by atoms with Gasteiger partial charge in [0.25, 0.3) is 5.89 Å². The number of hydrogen-bond acceptors (Lipinski definition) is 5. The molecular weight excluding hydrogens is 380 g/mol. The highest BCUT2D eigenvalue weighted by Crippen LogP contribution is 2.25. The van der Waals surface area contributed by atoms with E-state index in [9.17, 15) is 13.6 Å². The van der Waals surface area contributed by atoms with E-state index in [1.165, 1.54) is 4.90 Å². The maximum atomic E-state index is 12.7. The van der Waals surface area contributed by atoms with E-state index in [0.717, 1.165) is 5.56 Å². The Bertz CT molecular complexity index is 951. The Morgan fingerprint density at radius 2 is 1.72 bits per heavy atom. The molecule has 2 aromatic carbocycles. The van der Waals surface area contributed by atoms with Crippen molar-refractivity contribution in [2.75, 3.05) is 4.90 Å². The van der Waals surface area contributed by atoms with E-state index in [1.54, 1.807) is 45.0 Å². The Morgan fingerprint density at radius 3 is 2.28 bits per heavy atom. The van der Waals surface area contributed by atoms with Gasteiger partial charge in [0.15, 0.2) is 0 Å². The molecule has 0 N–H and O–H groups in total. The van der Waals surface area contributed by atoms with Gasteiger partial charge in [-0.25, -0.2) is 4.79 Å². The van der Waals surface area contributed by atoms with Gasteiger partial charge in [0.1, 0.15) is 5.60 Å². The molecule has 0 saturated heterocycles. The molecule has 1 heterocycles. The van der Waals surface area contributed by atoms with Crippen LogP contribution in [-0.4, -0.2) is 21.9 Å². The lowest BCUT2D eigenvalue weighted by Gasteiger charge is -2.27. The molecule has 0 radical (unpaired) electrons. The van der Waals surface area contributed by atoms with Gasteiger partial charge in [0, 0.05) is 11.3 Å². The number of rotatable bonds is 5. The molecule has 152 valence electrons. The molecule has 0 saturated carbocycles. The van der Waals surface area contributed by atoms with Crippen molar-refractivity contribution in [1.82, 2.24) is 10.2 Å². The Morgan fingerprint density at radius 1 is 1.07 bits per heavy atom. The molecule has 0 unspecified atom stereocenters. The molecule has 0 aliphatic carbocycles. The van der Waals surface area contributed by atoms with Crippen LogP contribution in [0.4, 0.5) is 19.3 Å². The largest absolute Gasteiger partial charge is 0.443 e. The van der Waals surface area contributed by atoms with Crippen LogP contribution in [0.2, 0.25) is 0 Å². The summed E-state index contributed by atoms with van der Waals surface area (Å²) >= 11 is 0. The van der Waals surface area contributed by atoms with Gasteiger partial charge in [-0.1, -0.05) is 30.3 Å². The van der Waals surface area contributed by atoms with E-state index in [2.05, 4.69) is 10.2 Å². The quantitative estimate of drug-likeness (QED) is 0.555. The summed E-state index contributed by atoms with van der Waals surface area (Å²) in [5, 5.41) is 6.96. The number of ether oxygens (including phenoxy) is 1. The maximum Gasteiger partial charge on any atom is 0.415 e. The highest BCUT2D eigenvalue weighted by atomic mass is 19.3. The lowest BCUT2D eigenvalue weighted by molar-refractivity contribution is 0.0577. The average Bonchev–Trinajstić information content (AvgIpc) is 3.16. The van der Waals surface area contributed by atoms with Crippen molar-refractivity contribution in [3.8, 4) is 11.5 Å².